The highest BCUT2D eigenvalue weighted by molar-refractivity contribution is 6.11. The van der Waals surface area contributed by atoms with E-state index in [0.29, 0.717) is 5.92 Å². The number of H-pyrrole nitrogens is 2. The van der Waals surface area contributed by atoms with Crippen LogP contribution in [0.5, 0.6) is 0 Å². The van der Waals surface area contributed by atoms with E-state index in [4.69, 9.17) is 9.73 Å². The molecule has 0 fully saturated rings. The van der Waals surface area contributed by atoms with E-state index in [2.05, 4.69) is 29.0 Å². The smallest absolute Gasteiger partial charge is 0.146 e. The van der Waals surface area contributed by atoms with E-state index < -0.39 is 0 Å². The summed E-state index contributed by atoms with van der Waals surface area (Å²) >= 11 is 0. The molecule has 1 aliphatic heterocycles. The third-order valence-corrected chi connectivity index (χ3v) is 6.18. The van der Waals surface area contributed by atoms with Gasteiger partial charge in [0.05, 0.1) is 18.5 Å². The number of rotatable bonds is 6. The Kier molecular flexibility index (Phi) is 6.38. The van der Waals surface area contributed by atoms with E-state index in [1.54, 1.807) is 12.7 Å². The van der Waals surface area contributed by atoms with Crippen molar-refractivity contribution in [1.82, 2.24) is 9.97 Å². The second kappa shape index (κ2) is 9.34. The number of aryl methyl sites for hydroxylation is 1. The maximum atomic E-state index is 5.61. The lowest BCUT2D eigenvalue weighted by atomic mass is 9.89. The molecule has 2 aromatic heterocycles. The highest BCUT2D eigenvalue weighted by atomic mass is 16.5. The van der Waals surface area contributed by atoms with Crippen molar-refractivity contribution < 1.29 is 4.74 Å². The number of unbranched alkanes of at least 4 members (excludes halogenated alkanes) is 1. The van der Waals surface area contributed by atoms with Gasteiger partial charge in [-0.2, -0.15) is 0 Å². The number of aliphatic imine (C=N–C) groups is 1. The van der Waals surface area contributed by atoms with Crippen LogP contribution in [0.15, 0.2) is 46.9 Å². The van der Waals surface area contributed by atoms with Crippen molar-refractivity contribution in [3.8, 4) is 0 Å². The summed E-state index contributed by atoms with van der Waals surface area (Å²) in [6.07, 6.45) is 17.8. The normalized spacial score (nSPS) is 21.2. The summed E-state index contributed by atoms with van der Waals surface area (Å²) in [4.78, 5) is 11.8. The Balaban J connectivity index is 1.64. The molecule has 2 N–H and O–H groups in total. The number of allylic oxidation sites excluding steroid dienone is 1. The maximum Gasteiger partial charge on any atom is 0.146 e. The van der Waals surface area contributed by atoms with Crippen molar-refractivity contribution >= 4 is 11.8 Å². The molecule has 2 aliphatic rings. The largest absolute Gasteiger partial charge is 0.494 e. The van der Waals surface area contributed by atoms with Crippen LogP contribution in [0.4, 0.5) is 0 Å². The number of ether oxygens (including phenoxy) is 1. The number of aromatic amines is 2. The lowest BCUT2D eigenvalue weighted by Crippen LogP contribution is -2.01. The molecule has 0 amide bonds. The fourth-order valence-electron chi connectivity index (χ4n) is 4.59. The first-order valence-corrected chi connectivity index (χ1v) is 11.2. The second-order valence-electron chi connectivity index (χ2n) is 8.27. The zero-order valence-corrected chi connectivity index (χ0v) is 17.8. The predicted octanol–water partition coefficient (Wildman–Crippen LogP) is 6.50. The van der Waals surface area contributed by atoms with Crippen molar-refractivity contribution in [2.45, 2.75) is 70.6 Å². The standard InChI is InChI=1S/C25H33N3O/c1-3-4-10-18-11-7-5-6-8-12-21-20(18)15-19(27-21)16-24-25(29-2)17-23(28-24)22-13-9-14-26-22/h9,13-18,26-27H,3-8,10-12H2,1-2H3/b24-16-/t18-/m1/s1. The first-order valence-electron chi connectivity index (χ1n) is 11.2. The van der Waals surface area contributed by atoms with Gasteiger partial charge >= 0.3 is 0 Å². The van der Waals surface area contributed by atoms with Crippen LogP contribution in [0.3, 0.4) is 0 Å². The SMILES string of the molecule is CCCC[C@@H]1CCCCCCc2[nH]c(/C=C3\N=C(c4ccc[nH]4)C=C3OC)cc21. The number of methoxy groups -OCH3 is 1. The third-order valence-electron chi connectivity index (χ3n) is 6.18. The monoisotopic (exact) mass is 391 g/mol. The van der Waals surface area contributed by atoms with Gasteiger partial charge in [-0.05, 0) is 61.4 Å². The lowest BCUT2D eigenvalue weighted by Gasteiger charge is -2.16. The highest BCUT2D eigenvalue weighted by Gasteiger charge is 2.21. The molecule has 0 aromatic carbocycles. The maximum absolute atomic E-state index is 5.61. The van der Waals surface area contributed by atoms with Crippen LogP contribution in [-0.4, -0.2) is 22.8 Å². The zero-order chi connectivity index (χ0) is 20.1. The molecule has 29 heavy (non-hydrogen) atoms. The van der Waals surface area contributed by atoms with Crippen LogP contribution in [0.25, 0.3) is 6.08 Å². The van der Waals surface area contributed by atoms with E-state index in [1.807, 2.05) is 24.4 Å². The number of fused-ring (bicyclic) bond motifs is 1. The molecule has 1 atom stereocenters. The molecular formula is C25H33N3O. The van der Waals surface area contributed by atoms with Gasteiger partial charge in [-0.3, -0.25) is 0 Å². The van der Waals surface area contributed by atoms with Crippen LogP contribution in [0.2, 0.25) is 0 Å². The number of hydrogen-bond acceptors (Lipinski definition) is 2. The van der Waals surface area contributed by atoms with Crippen LogP contribution < -0.4 is 0 Å². The van der Waals surface area contributed by atoms with Crippen LogP contribution in [-0.2, 0) is 11.2 Å². The van der Waals surface area contributed by atoms with Crippen molar-refractivity contribution in [3.63, 3.8) is 0 Å². The van der Waals surface area contributed by atoms with Gasteiger partial charge in [-0.15, -0.1) is 0 Å². The number of nitrogens with one attached hydrogen (secondary N) is 2. The van der Waals surface area contributed by atoms with E-state index in [0.717, 1.165) is 35.0 Å². The average molecular weight is 392 g/mol. The van der Waals surface area contributed by atoms with Crippen molar-refractivity contribution in [2.24, 2.45) is 4.99 Å². The minimum absolute atomic E-state index is 0.686. The quantitative estimate of drug-likeness (QED) is 0.580. The molecular weight excluding hydrogens is 358 g/mol. The summed E-state index contributed by atoms with van der Waals surface area (Å²) in [5.41, 5.74) is 6.94. The molecule has 4 heteroatoms. The van der Waals surface area contributed by atoms with Gasteiger partial charge in [0.15, 0.2) is 0 Å². The molecule has 0 saturated carbocycles. The molecule has 1 aliphatic carbocycles. The predicted molar refractivity (Wildman–Crippen MR) is 120 cm³/mol. The third kappa shape index (κ3) is 4.58. The molecule has 0 saturated heterocycles. The van der Waals surface area contributed by atoms with Gasteiger partial charge < -0.3 is 14.7 Å². The summed E-state index contributed by atoms with van der Waals surface area (Å²) in [6, 6.07) is 6.40. The highest BCUT2D eigenvalue weighted by Crippen LogP contribution is 2.34. The van der Waals surface area contributed by atoms with Crippen molar-refractivity contribution in [1.29, 1.82) is 0 Å². The van der Waals surface area contributed by atoms with E-state index >= 15 is 0 Å². The van der Waals surface area contributed by atoms with Crippen LogP contribution in [0, 0.1) is 0 Å². The zero-order valence-electron chi connectivity index (χ0n) is 17.8. The van der Waals surface area contributed by atoms with Crippen molar-refractivity contribution in [3.05, 3.63) is 64.6 Å². The Bertz CT molecular complexity index is 899. The minimum atomic E-state index is 0.686. The lowest BCUT2D eigenvalue weighted by molar-refractivity contribution is 0.303. The average Bonchev–Trinajstić information content (AvgIpc) is 3.46. The number of hydrogen-bond donors (Lipinski definition) is 2. The fraction of sp³-hybridized carbons (Fsp3) is 0.480. The topological polar surface area (TPSA) is 53.2 Å². The Labute approximate surface area is 174 Å². The van der Waals surface area contributed by atoms with Gasteiger partial charge in [-0.1, -0.05) is 39.0 Å². The summed E-state index contributed by atoms with van der Waals surface area (Å²) in [7, 11) is 1.71. The molecule has 3 heterocycles. The number of aromatic nitrogens is 2. The van der Waals surface area contributed by atoms with Gasteiger partial charge in [-0.25, -0.2) is 4.99 Å². The van der Waals surface area contributed by atoms with Gasteiger partial charge in [0.1, 0.15) is 11.5 Å². The second-order valence-corrected chi connectivity index (χ2v) is 8.27. The Morgan fingerprint density at radius 1 is 1.24 bits per heavy atom. The first-order chi connectivity index (χ1) is 14.3. The van der Waals surface area contributed by atoms with Gasteiger partial charge in [0, 0.05) is 23.7 Å². The molecule has 154 valence electrons. The summed E-state index contributed by atoms with van der Waals surface area (Å²) in [5, 5.41) is 0. The van der Waals surface area contributed by atoms with Gasteiger partial charge in [0.2, 0.25) is 0 Å². The molecule has 4 rings (SSSR count). The molecule has 0 bridgehead atoms. The Morgan fingerprint density at radius 3 is 2.93 bits per heavy atom. The van der Waals surface area contributed by atoms with Crippen LogP contribution in [0.1, 0.15) is 86.9 Å². The first kappa shape index (κ1) is 19.8. The van der Waals surface area contributed by atoms with Crippen molar-refractivity contribution in [2.75, 3.05) is 7.11 Å². The van der Waals surface area contributed by atoms with E-state index in [1.165, 1.54) is 57.1 Å². The van der Waals surface area contributed by atoms with Gasteiger partial charge in [0.25, 0.3) is 0 Å². The molecule has 0 spiro atoms. The van der Waals surface area contributed by atoms with Crippen LogP contribution >= 0.6 is 0 Å². The summed E-state index contributed by atoms with van der Waals surface area (Å²) in [5.74, 6) is 1.50. The number of nitrogens with zero attached hydrogens (tertiary/aromatic N) is 1. The summed E-state index contributed by atoms with van der Waals surface area (Å²) in [6.45, 7) is 2.29. The Hall–Kier alpha value is -2.49. The fourth-order valence-corrected chi connectivity index (χ4v) is 4.59. The molecule has 0 radical (unpaired) electrons. The van der Waals surface area contributed by atoms with E-state index in [-0.39, 0.29) is 0 Å². The molecule has 4 nitrogen and oxygen atoms in total. The molecule has 2 aromatic rings. The molecule has 0 unspecified atom stereocenters. The minimum Gasteiger partial charge on any atom is -0.494 e. The summed E-state index contributed by atoms with van der Waals surface area (Å²) < 4.78 is 5.61. The van der Waals surface area contributed by atoms with E-state index in [9.17, 15) is 0 Å². The Morgan fingerprint density at radius 2 is 2.14 bits per heavy atom.